The largest absolute Gasteiger partial charge is 0.394 e. The van der Waals surface area contributed by atoms with Gasteiger partial charge in [0.25, 0.3) is 0 Å². The lowest BCUT2D eigenvalue weighted by molar-refractivity contribution is -0.129. The van der Waals surface area contributed by atoms with Crippen molar-refractivity contribution in [2.45, 2.75) is 38.6 Å². The molecule has 1 rings (SSSR count). The van der Waals surface area contributed by atoms with Crippen LogP contribution in [0.3, 0.4) is 0 Å². The van der Waals surface area contributed by atoms with E-state index in [4.69, 9.17) is 5.11 Å². The monoisotopic (exact) mass is 266 g/mol. The van der Waals surface area contributed by atoms with E-state index in [1.165, 1.54) is 0 Å². The van der Waals surface area contributed by atoms with Crippen molar-refractivity contribution in [2.75, 3.05) is 13.2 Å². The molecule has 0 heterocycles. The summed E-state index contributed by atoms with van der Waals surface area (Å²) < 4.78 is 0. The predicted molar refractivity (Wildman–Crippen MR) is 73.4 cm³/mol. The first-order chi connectivity index (χ1) is 9.17. The Morgan fingerprint density at radius 1 is 1.42 bits per heavy atom. The van der Waals surface area contributed by atoms with Gasteiger partial charge < -0.3 is 15.7 Å². The highest BCUT2D eigenvalue weighted by Crippen LogP contribution is 2.08. The van der Waals surface area contributed by atoms with Crippen molar-refractivity contribution in [3.63, 3.8) is 0 Å². The maximum Gasteiger partial charge on any atom is 0.245 e. The first kappa shape index (κ1) is 15.4. The lowest BCUT2D eigenvalue weighted by atomic mass is 10.1. The summed E-state index contributed by atoms with van der Waals surface area (Å²) in [5, 5.41) is 14.4. The van der Waals surface area contributed by atoms with Gasteiger partial charge in [-0.3, -0.25) is 9.59 Å². The molecule has 0 spiro atoms. The van der Waals surface area contributed by atoms with E-state index >= 15 is 0 Å². The average molecular weight is 266 g/mol. The molecule has 0 aromatic rings. The van der Waals surface area contributed by atoms with Gasteiger partial charge in [0, 0.05) is 13.0 Å². The van der Waals surface area contributed by atoms with Crippen LogP contribution in [0.2, 0.25) is 0 Å². The number of nitrogens with one attached hydrogen (secondary N) is 2. The van der Waals surface area contributed by atoms with Crippen molar-refractivity contribution < 1.29 is 14.7 Å². The Balaban J connectivity index is 2.38. The number of aliphatic hydroxyl groups is 1. The van der Waals surface area contributed by atoms with Crippen molar-refractivity contribution >= 4 is 11.8 Å². The van der Waals surface area contributed by atoms with Crippen LogP contribution in [0.25, 0.3) is 0 Å². The second-order valence-corrected chi connectivity index (χ2v) is 4.53. The number of hydrogen-bond acceptors (Lipinski definition) is 3. The average Bonchev–Trinajstić information content (AvgIpc) is 2.43. The molecule has 0 saturated carbocycles. The third-order valence-corrected chi connectivity index (χ3v) is 2.85. The summed E-state index contributed by atoms with van der Waals surface area (Å²) in [7, 11) is 0. The van der Waals surface area contributed by atoms with Gasteiger partial charge in [-0.1, -0.05) is 25.2 Å². The molecule has 0 aromatic heterocycles. The highest BCUT2D eigenvalue weighted by molar-refractivity contribution is 5.87. The van der Waals surface area contributed by atoms with Crippen molar-refractivity contribution in [1.82, 2.24) is 10.6 Å². The van der Waals surface area contributed by atoms with Gasteiger partial charge in [-0.15, -0.1) is 0 Å². The van der Waals surface area contributed by atoms with Crippen LogP contribution in [0, 0.1) is 0 Å². The van der Waals surface area contributed by atoms with Crippen molar-refractivity contribution in [3.8, 4) is 0 Å². The van der Waals surface area contributed by atoms with Gasteiger partial charge in [0.2, 0.25) is 11.8 Å². The lowest BCUT2D eigenvalue weighted by Gasteiger charge is -2.16. The molecule has 19 heavy (non-hydrogen) atoms. The Kier molecular flexibility index (Phi) is 6.89. The number of carbonyl (C=O) groups is 2. The van der Waals surface area contributed by atoms with Crippen LogP contribution >= 0.6 is 0 Å². The van der Waals surface area contributed by atoms with Gasteiger partial charge in [-0.2, -0.15) is 0 Å². The zero-order valence-electron chi connectivity index (χ0n) is 11.3. The quantitative estimate of drug-likeness (QED) is 0.633. The molecule has 0 saturated heterocycles. The molecule has 2 amide bonds. The van der Waals surface area contributed by atoms with Gasteiger partial charge in [0.15, 0.2) is 0 Å². The fraction of sp³-hybridized carbons (Fsp3) is 0.571. The first-order valence-corrected chi connectivity index (χ1v) is 6.71. The Morgan fingerprint density at radius 3 is 2.79 bits per heavy atom. The van der Waals surface area contributed by atoms with E-state index in [1.54, 1.807) is 0 Å². The highest BCUT2D eigenvalue weighted by atomic mass is 16.3. The fourth-order valence-corrected chi connectivity index (χ4v) is 1.80. The molecule has 1 aliphatic carbocycles. The van der Waals surface area contributed by atoms with Crippen LogP contribution in [-0.4, -0.2) is 36.1 Å². The van der Waals surface area contributed by atoms with Gasteiger partial charge in [0.1, 0.15) is 6.04 Å². The SMILES string of the molecule is CCCC(=O)NC(CO)C(=O)NCC1=CCCC=C1. The summed E-state index contributed by atoms with van der Waals surface area (Å²) in [4.78, 5) is 23.2. The summed E-state index contributed by atoms with van der Waals surface area (Å²) in [5.74, 6) is -0.569. The molecule has 106 valence electrons. The second kappa shape index (κ2) is 8.48. The molecule has 0 fully saturated rings. The summed E-state index contributed by atoms with van der Waals surface area (Å²) >= 11 is 0. The Hall–Kier alpha value is -1.62. The molecule has 0 aliphatic heterocycles. The molecule has 1 unspecified atom stereocenters. The Morgan fingerprint density at radius 2 is 2.21 bits per heavy atom. The van der Waals surface area contributed by atoms with E-state index < -0.39 is 12.6 Å². The van der Waals surface area contributed by atoms with Crippen molar-refractivity contribution in [3.05, 3.63) is 23.8 Å². The molecule has 1 aliphatic rings. The zero-order chi connectivity index (χ0) is 14.1. The molecular weight excluding hydrogens is 244 g/mol. The third kappa shape index (κ3) is 5.70. The predicted octanol–water partition coefficient (Wildman–Crippen LogP) is 0.656. The first-order valence-electron chi connectivity index (χ1n) is 6.71. The van der Waals surface area contributed by atoms with Crippen LogP contribution < -0.4 is 10.6 Å². The van der Waals surface area contributed by atoms with E-state index in [1.807, 2.05) is 13.0 Å². The minimum Gasteiger partial charge on any atom is -0.394 e. The summed E-state index contributed by atoms with van der Waals surface area (Å²) in [6.07, 6.45) is 9.20. The molecule has 1 atom stereocenters. The summed E-state index contributed by atoms with van der Waals surface area (Å²) in [6.45, 7) is 1.92. The smallest absolute Gasteiger partial charge is 0.245 e. The van der Waals surface area contributed by atoms with Crippen molar-refractivity contribution in [1.29, 1.82) is 0 Å². The molecule has 0 bridgehead atoms. The summed E-state index contributed by atoms with van der Waals surface area (Å²) in [6, 6.07) is -0.868. The van der Waals surface area contributed by atoms with Crippen LogP contribution in [0.4, 0.5) is 0 Å². The molecule has 3 N–H and O–H groups in total. The molecule has 0 aromatic carbocycles. The van der Waals surface area contributed by atoms with E-state index in [0.29, 0.717) is 19.4 Å². The maximum atomic E-state index is 11.8. The topological polar surface area (TPSA) is 78.4 Å². The van der Waals surface area contributed by atoms with Gasteiger partial charge in [0.05, 0.1) is 6.61 Å². The minimum absolute atomic E-state index is 0.214. The van der Waals surface area contributed by atoms with Crippen LogP contribution in [0.5, 0.6) is 0 Å². The van der Waals surface area contributed by atoms with E-state index in [-0.39, 0.29) is 11.8 Å². The molecule has 5 heteroatoms. The van der Waals surface area contributed by atoms with E-state index in [9.17, 15) is 9.59 Å². The fourth-order valence-electron chi connectivity index (χ4n) is 1.80. The number of amides is 2. The number of aliphatic hydroxyl groups excluding tert-OH is 1. The second-order valence-electron chi connectivity index (χ2n) is 4.53. The van der Waals surface area contributed by atoms with Crippen LogP contribution in [0.15, 0.2) is 23.8 Å². The van der Waals surface area contributed by atoms with Crippen LogP contribution in [-0.2, 0) is 9.59 Å². The number of carbonyl (C=O) groups excluding carboxylic acids is 2. The number of hydrogen-bond donors (Lipinski definition) is 3. The lowest BCUT2D eigenvalue weighted by Crippen LogP contribution is -2.49. The minimum atomic E-state index is -0.868. The molecule has 0 radical (unpaired) electrons. The maximum absolute atomic E-state index is 11.8. The number of rotatable bonds is 7. The zero-order valence-corrected chi connectivity index (χ0v) is 11.3. The van der Waals surface area contributed by atoms with Gasteiger partial charge >= 0.3 is 0 Å². The molecule has 5 nitrogen and oxygen atoms in total. The van der Waals surface area contributed by atoms with Gasteiger partial charge in [-0.25, -0.2) is 0 Å². The van der Waals surface area contributed by atoms with E-state index in [0.717, 1.165) is 18.4 Å². The standard InChI is InChI=1S/C14H22N2O3/c1-2-6-13(18)16-12(10-17)14(19)15-9-11-7-4-3-5-8-11/h4,7-8,12,17H,2-3,5-6,9-10H2,1H3,(H,15,19)(H,16,18). The van der Waals surface area contributed by atoms with Gasteiger partial charge in [-0.05, 0) is 24.8 Å². The number of allylic oxidation sites excluding steroid dienone is 2. The van der Waals surface area contributed by atoms with Crippen LogP contribution in [0.1, 0.15) is 32.6 Å². The third-order valence-electron chi connectivity index (χ3n) is 2.85. The van der Waals surface area contributed by atoms with E-state index in [2.05, 4.69) is 22.8 Å². The highest BCUT2D eigenvalue weighted by Gasteiger charge is 2.19. The normalized spacial score (nSPS) is 15.6. The Labute approximate surface area is 113 Å². The van der Waals surface area contributed by atoms with Crippen molar-refractivity contribution in [2.24, 2.45) is 0 Å². The Bertz CT molecular complexity index is 375. The molecular formula is C14H22N2O3. The summed E-state index contributed by atoms with van der Waals surface area (Å²) in [5.41, 5.74) is 1.05.